The SMILES string of the molecule is COc1ccc2cccc(OC#C[C@H]3CCCN3c3ncnc4[nH]cnc34)c2c1. The van der Waals surface area contributed by atoms with Crippen LogP contribution in [0.25, 0.3) is 21.9 Å². The summed E-state index contributed by atoms with van der Waals surface area (Å²) in [5, 5.41) is 2.05. The summed E-state index contributed by atoms with van der Waals surface area (Å²) in [5.74, 6) is 5.57. The van der Waals surface area contributed by atoms with Crippen molar-refractivity contribution in [2.45, 2.75) is 18.9 Å². The largest absolute Gasteiger partial charge is 0.497 e. The van der Waals surface area contributed by atoms with Crippen molar-refractivity contribution in [1.82, 2.24) is 19.9 Å². The van der Waals surface area contributed by atoms with Gasteiger partial charge in [0.2, 0.25) is 0 Å². The highest BCUT2D eigenvalue weighted by Gasteiger charge is 2.26. The Morgan fingerprint density at radius 3 is 3.07 bits per heavy atom. The van der Waals surface area contributed by atoms with Gasteiger partial charge in [-0.25, -0.2) is 15.0 Å². The summed E-state index contributed by atoms with van der Waals surface area (Å²) < 4.78 is 11.2. The molecular weight excluding hydrogens is 366 g/mol. The molecule has 0 bridgehead atoms. The van der Waals surface area contributed by atoms with Crippen LogP contribution in [0.1, 0.15) is 12.8 Å². The lowest BCUT2D eigenvalue weighted by molar-refractivity contribution is 0.415. The van der Waals surface area contributed by atoms with E-state index in [0.717, 1.165) is 58.6 Å². The highest BCUT2D eigenvalue weighted by molar-refractivity contribution is 5.89. The molecule has 3 heterocycles. The molecule has 1 aliphatic heterocycles. The van der Waals surface area contributed by atoms with Crippen molar-refractivity contribution >= 4 is 27.8 Å². The highest BCUT2D eigenvalue weighted by atomic mass is 16.5. The average Bonchev–Trinajstić information content (AvgIpc) is 3.43. The van der Waals surface area contributed by atoms with Crippen molar-refractivity contribution in [3.8, 4) is 23.5 Å². The lowest BCUT2D eigenvalue weighted by atomic mass is 10.1. The molecule has 0 aliphatic carbocycles. The lowest BCUT2D eigenvalue weighted by Crippen LogP contribution is -2.29. The standard InChI is InChI=1S/C22H19N5O2/c1-28-17-8-7-15-4-2-6-19(18(15)12-17)29-11-9-16-5-3-10-27(16)22-20-21(24-13-23-20)25-14-26-22/h2,4,6-8,12-14,16H,3,5,10H2,1H3,(H,23,24,25,26)/t16-/m1/s1. The predicted molar refractivity (Wildman–Crippen MR) is 111 cm³/mol. The Kier molecular flexibility index (Phi) is 4.37. The fraction of sp³-hybridized carbons (Fsp3) is 0.227. The Morgan fingerprint density at radius 1 is 1.17 bits per heavy atom. The number of aromatic amines is 1. The molecule has 1 atom stereocenters. The molecule has 1 N–H and O–H groups in total. The van der Waals surface area contributed by atoms with E-state index in [4.69, 9.17) is 9.47 Å². The molecule has 1 aliphatic rings. The molecule has 4 aromatic rings. The minimum absolute atomic E-state index is 0.0225. The zero-order valence-corrected chi connectivity index (χ0v) is 15.9. The number of anilines is 1. The molecule has 2 aromatic carbocycles. The molecule has 0 unspecified atom stereocenters. The van der Waals surface area contributed by atoms with E-state index in [9.17, 15) is 0 Å². The molecule has 1 saturated heterocycles. The number of H-pyrrole nitrogens is 1. The van der Waals surface area contributed by atoms with Crippen LogP contribution in [0.5, 0.6) is 11.5 Å². The van der Waals surface area contributed by atoms with E-state index in [-0.39, 0.29) is 6.04 Å². The number of benzene rings is 2. The van der Waals surface area contributed by atoms with Crippen molar-refractivity contribution in [1.29, 1.82) is 0 Å². The van der Waals surface area contributed by atoms with E-state index in [0.29, 0.717) is 0 Å². The van der Waals surface area contributed by atoms with E-state index in [1.165, 1.54) is 0 Å². The van der Waals surface area contributed by atoms with E-state index in [1.807, 2.05) is 36.4 Å². The van der Waals surface area contributed by atoms with Gasteiger partial charge in [0, 0.05) is 11.9 Å². The first kappa shape index (κ1) is 17.3. The second-order valence-electron chi connectivity index (χ2n) is 6.84. The van der Waals surface area contributed by atoms with Gasteiger partial charge in [-0.15, -0.1) is 0 Å². The van der Waals surface area contributed by atoms with Gasteiger partial charge in [0.1, 0.15) is 29.4 Å². The second kappa shape index (κ2) is 7.32. The quantitative estimate of drug-likeness (QED) is 0.544. The smallest absolute Gasteiger partial charge is 0.162 e. The van der Waals surface area contributed by atoms with E-state index < -0.39 is 0 Å². The summed E-state index contributed by atoms with van der Waals surface area (Å²) in [5.41, 5.74) is 1.50. The summed E-state index contributed by atoms with van der Waals surface area (Å²) in [6.07, 6.45) is 8.10. The highest BCUT2D eigenvalue weighted by Crippen LogP contribution is 2.30. The molecule has 0 spiro atoms. The second-order valence-corrected chi connectivity index (χ2v) is 6.84. The van der Waals surface area contributed by atoms with Crippen molar-refractivity contribution in [3.63, 3.8) is 0 Å². The fourth-order valence-corrected chi connectivity index (χ4v) is 3.72. The Labute approximate surface area is 167 Å². The van der Waals surface area contributed by atoms with Gasteiger partial charge in [-0.3, -0.25) is 0 Å². The molecule has 0 radical (unpaired) electrons. The van der Waals surface area contributed by atoms with Crippen LogP contribution in [0.3, 0.4) is 0 Å². The van der Waals surface area contributed by atoms with Gasteiger partial charge in [0.25, 0.3) is 0 Å². The van der Waals surface area contributed by atoms with Gasteiger partial charge in [-0.2, -0.15) is 0 Å². The summed E-state index contributed by atoms with van der Waals surface area (Å²) >= 11 is 0. The maximum atomic E-state index is 5.84. The van der Waals surface area contributed by atoms with Crippen LogP contribution in [-0.4, -0.2) is 39.6 Å². The molecule has 5 rings (SSSR count). The number of hydrogen-bond acceptors (Lipinski definition) is 6. The topological polar surface area (TPSA) is 76.2 Å². The number of aromatic nitrogens is 4. The van der Waals surface area contributed by atoms with Crippen molar-refractivity contribution < 1.29 is 9.47 Å². The van der Waals surface area contributed by atoms with Gasteiger partial charge < -0.3 is 19.4 Å². The Bertz CT molecular complexity index is 1240. The maximum absolute atomic E-state index is 5.84. The number of imidazole rings is 1. The third-order valence-corrected chi connectivity index (χ3v) is 5.16. The molecule has 7 heteroatoms. The number of fused-ring (bicyclic) bond motifs is 2. The molecule has 2 aromatic heterocycles. The normalized spacial score (nSPS) is 16.0. The monoisotopic (exact) mass is 385 g/mol. The van der Waals surface area contributed by atoms with Gasteiger partial charge >= 0.3 is 0 Å². The third-order valence-electron chi connectivity index (χ3n) is 5.16. The van der Waals surface area contributed by atoms with E-state index in [1.54, 1.807) is 19.8 Å². The molecule has 29 heavy (non-hydrogen) atoms. The minimum atomic E-state index is 0.0225. The van der Waals surface area contributed by atoms with Crippen LogP contribution in [-0.2, 0) is 0 Å². The summed E-state index contributed by atoms with van der Waals surface area (Å²) in [6.45, 7) is 0.879. The zero-order valence-electron chi connectivity index (χ0n) is 15.9. The van der Waals surface area contributed by atoms with Gasteiger partial charge in [0.15, 0.2) is 11.5 Å². The Balaban J connectivity index is 1.42. The zero-order chi connectivity index (χ0) is 19.6. The van der Waals surface area contributed by atoms with Crippen LogP contribution in [0.4, 0.5) is 5.82 Å². The van der Waals surface area contributed by atoms with Gasteiger partial charge in [-0.05, 0) is 42.3 Å². The molecule has 144 valence electrons. The summed E-state index contributed by atoms with van der Waals surface area (Å²) in [4.78, 5) is 18.2. The van der Waals surface area contributed by atoms with Crippen LogP contribution in [0.2, 0.25) is 0 Å². The van der Waals surface area contributed by atoms with Crippen LogP contribution in [0, 0.1) is 12.0 Å². The Morgan fingerprint density at radius 2 is 2.14 bits per heavy atom. The molecular formula is C22H19N5O2. The van der Waals surface area contributed by atoms with Crippen molar-refractivity contribution in [2.24, 2.45) is 0 Å². The third kappa shape index (κ3) is 3.19. The molecule has 0 amide bonds. The first-order valence-electron chi connectivity index (χ1n) is 9.48. The predicted octanol–water partition coefficient (Wildman–Crippen LogP) is 3.52. The molecule has 7 nitrogen and oxygen atoms in total. The summed E-state index contributed by atoms with van der Waals surface area (Å²) in [7, 11) is 1.66. The van der Waals surface area contributed by atoms with Crippen LogP contribution < -0.4 is 14.4 Å². The first-order chi connectivity index (χ1) is 14.3. The molecule has 1 fully saturated rings. The van der Waals surface area contributed by atoms with Crippen molar-refractivity contribution in [2.75, 3.05) is 18.6 Å². The number of nitrogens with zero attached hydrogens (tertiary/aromatic N) is 4. The molecule has 0 saturated carbocycles. The van der Waals surface area contributed by atoms with E-state index in [2.05, 4.69) is 36.9 Å². The minimum Gasteiger partial charge on any atom is -0.497 e. The van der Waals surface area contributed by atoms with Crippen molar-refractivity contribution in [3.05, 3.63) is 49.1 Å². The maximum Gasteiger partial charge on any atom is 0.162 e. The first-order valence-corrected chi connectivity index (χ1v) is 9.48. The van der Waals surface area contributed by atoms with Gasteiger partial charge in [0.05, 0.1) is 19.5 Å². The number of rotatable bonds is 3. The number of nitrogens with one attached hydrogen (secondary N) is 1. The van der Waals surface area contributed by atoms with Gasteiger partial charge in [-0.1, -0.05) is 18.2 Å². The summed E-state index contributed by atoms with van der Waals surface area (Å²) in [6, 6.07) is 11.8. The average molecular weight is 385 g/mol. The fourth-order valence-electron chi connectivity index (χ4n) is 3.72. The number of ether oxygens (including phenoxy) is 2. The number of hydrogen-bond donors (Lipinski definition) is 1. The van der Waals surface area contributed by atoms with Crippen LogP contribution >= 0.6 is 0 Å². The number of methoxy groups -OCH3 is 1. The van der Waals surface area contributed by atoms with Crippen LogP contribution in [0.15, 0.2) is 49.1 Å². The van der Waals surface area contributed by atoms with E-state index >= 15 is 0 Å². The Hall–Kier alpha value is -3.79. The lowest BCUT2D eigenvalue weighted by Gasteiger charge is -2.21.